The molecule has 0 bridgehead atoms. The lowest BCUT2D eigenvalue weighted by atomic mass is 9.91. The van der Waals surface area contributed by atoms with Gasteiger partial charge in [-0.05, 0) is 66.6 Å². The molecular formula is C25H19NO6. The summed E-state index contributed by atoms with van der Waals surface area (Å²) < 4.78 is 4.97. The quantitative estimate of drug-likeness (QED) is 0.281. The average molecular weight is 429 g/mol. The Balaban J connectivity index is 1.79. The first-order valence-corrected chi connectivity index (χ1v) is 9.89. The fraction of sp³-hybridized carbons (Fsp3) is 0.0800. The summed E-state index contributed by atoms with van der Waals surface area (Å²) in [4.78, 5) is 39.5. The predicted molar refractivity (Wildman–Crippen MR) is 118 cm³/mol. The maximum atomic E-state index is 13.4. The van der Waals surface area contributed by atoms with Crippen molar-refractivity contribution in [2.45, 2.75) is 6.92 Å². The van der Waals surface area contributed by atoms with Crippen LogP contribution in [0.1, 0.15) is 38.8 Å². The highest BCUT2D eigenvalue weighted by Gasteiger charge is 2.35. The Hall–Kier alpha value is -4.39. The summed E-state index contributed by atoms with van der Waals surface area (Å²) in [6.45, 7) is 1.94. The second kappa shape index (κ2) is 8.39. The van der Waals surface area contributed by atoms with Crippen LogP contribution in [0.4, 0.5) is 5.69 Å². The van der Waals surface area contributed by atoms with E-state index in [1.54, 1.807) is 43.3 Å². The Bertz CT molecular complexity index is 1260. The fourth-order valence-electron chi connectivity index (χ4n) is 3.48. The van der Waals surface area contributed by atoms with Crippen LogP contribution >= 0.6 is 0 Å². The molecule has 0 unspecified atom stereocenters. The molecule has 3 aromatic carbocycles. The summed E-state index contributed by atoms with van der Waals surface area (Å²) in [6.07, 6.45) is 1.55. The van der Waals surface area contributed by atoms with Crippen molar-refractivity contribution in [1.82, 2.24) is 0 Å². The number of carbonyl (C=O) groups is 3. The SMILES string of the molecule is CCOC(=O)c1ccc(N2C(=O)C(=Cc3ccc(O)c(O)c3)c3ccccc3C2=O)cc1. The van der Waals surface area contributed by atoms with Crippen LogP contribution in [0.5, 0.6) is 11.5 Å². The molecular weight excluding hydrogens is 410 g/mol. The third-order valence-corrected chi connectivity index (χ3v) is 5.03. The highest BCUT2D eigenvalue weighted by atomic mass is 16.5. The van der Waals surface area contributed by atoms with Gasteiger partial charge in [-0.3, -0.25) is 9.59 Å². The molecule has 0 spiro atoms. The van der Waals surface area contributed by atoms with Gasteiger partial charge in [-0.2, -0.15) is 0 Å². The molecule has 0 aromatic heterocycles. The molecule has 3 aromatic rings. The van der Waals surface area contributed by atoms with Crippen molar-refractivity contribution in [3.8, 4) is 11.5 Å². The Kier molecular flexibility index (Phi) is 5.47. The van der Waals surface area contributed by atoms with E-state index in [-0.39, 0.29) is 23.7 Å². The second-order valence-corrected chi connectivity index (χ2v) is 7.06. The summed E-state index contributed by atoms with van der Waals surface area (Å²) in [6, 6.07) is 17.0. The number of hydrogen-bond donors (Lipinski definition) is 2. The number of imide groups is 1. The molecule has 160 valence electrons. The summed E-state index contributed by atoms with van der Waals surface area (Å²) in [5.41, 5.74) is 2.15. The predicted octanol–water partition coefficient (Wildman–Crippen LogP) is 4.00. The van der Waals surface area contributed by atoms with Gasteiger partial charge in [-0.25, -0.2) is 9.69 Å². The van der Waals surface area contributed by atoms with Gasteiger partial charge >= 0.3 is 5.97 Å². The van der Waals surface area contributed by atoms with Crippen molar-refractivity contribution in [3.05, 3.63) is 89.0 Å². The van der Waals surface area contributed by atoms with Gasteiger partial charge in [0.2, 0.25) is 0 Å². The van der Waals surface area contributed by atoms with Crippen LogP contribution in [0.3, 0.4) is 0 Å². The first-order valence-electron chi connectivity index (χ1n) is 9.89. The number of anilines is 1. The molecule has 0 fully saturated rings. The van der Waals surface area contributed by atoms with Crippen molar-refractivity contribution < 1.29 is 29.3 Å². The molecule has 0 aliphatic carbocycles. The molecule has 1 heterocycles. The number of ether oxygens (including phenoxy) is 1. The topological polar surface area (TPSA) is 104 Å². The van der Waals surface area contributed by atoms with E-state index in [9.17, 15) is 24.6 Å². The van der Waals surface area contributed by atoms with Gasteiger partial charge in [-0.1, -0.05) is 24.3 Å². The maximum absolute atomic E-state index is 13.4. The van der Waals surface area contributed by atoms with Crippen molar-refractivity contribution in [2.75, 3.05) is 11.5 Å². The van der Waals surface area contributed by atoms with E-state index in [0.717, 1.165) is 4.90 Å². The number of fused-ring (bicyclic) bond motifs is 1. The van der Waals surface area contributed by atoms with E-state index in [1.807, 2.05) is 0 Å². The van der Waals surface area contributed by atoms with Gasteiger partial charge in [0, 0.05) is 11.1 Å². The van der Waals surface area contributed by atoms with E-state index in [1.165, 1.54) is 36.4 Å². The Morgan fingerprint density at radius 1 is 0.906 bits per heavy atom. The minimum absolute atomic E-state index is 0.238. The first kappa shape index (κ1) is 20.9. The smallest absolute Gasteiger partial charge is 0.338 e. The Morgan fingerprint density at radius 3 is 2.25 bits per heavy atom. The molecule has 0 saturated carbocycles. The number of rotatable bonds is 4. The van der Waals surface area contributed by atoms with Crippen molar-refractivity contribution in [1.29, 1.82) is 0 Å². The van der Waals surface area contributed by atoms with Crippen LogP contribution in [-0.2, 0) is 9.53 Å². The van der Waals surface area contributed by atoms with Crippen LogP contribution in [0.2, 0.25) is 0 Å². The highest BCUT2D eigenvalue weighted by molar-refractivity contribution is 6.43. The molecule has 1 aliphatic rings. The number of amides is 2. The number of esters is 1. The minimum Gasteiger partial charge on any atom is -0.504 e. The highest BCUT2D eigenvalue weighted by Crippen LogP contribution is 2.34. The van der Waals surface area contributed by atoms with Crippen LogP contribution in [0, 0.1) is 0 Å². The lowest BCUT2D eigenvalue weighted by molar-refractivity contribution is -0.112. The molecule has 32 heavy (non-hydrogen) atoms. The second-order valence-electron chi connectivity index (χ2n) is 7.06. The zero-order valence-corrected chi connectivity index (χ0v) is 17.1. The molecule has 2 N–H and O–H groups in total. The van der Waals surface area contributed by atoms with Crippen LogP contribution < -0.4 is 4.90 Å². The first-order chi connectivity index (χ1) is 15.4. The monoisotopic (exact) mass is 429 g/mol. The van der Waals surface area contributed by atoms with E-state index < -0.39 is 17.8 Å². The van der Waals surface area contributed by atoms with E-state index in [2.05, 4.69) is 0 Å². The van der Waals surface area contributed by atoms with Crippen LogP contribution in [-0.4, -0.2) is 34.6 Å². The Labute approximate surface area is 183 Å². The minimum atomic E-state index is -0.551. The van der Waals surface area contributed by atoms with Gasteiger partial charge in [0.1, 0.15) is 0 Å². The van der Waals surface area contributed by atoms with Gasteiger partial charge < -0.3 is 14.9 Å². The fourth-order valence-corrected chi connectivity index (χ4v) is 3.48. The number of hydrogen-bond acceptors (Lipinski definition) is 6. The third-order valence-electron chi connectivity index (χ3n) is 5.03. The van der Waals surface area contributed by atoms with Gasteiger partial charge in [-0.15, -0.1) is 0 Å². The summed E-state index contributed by atoms with van der Waals surface area (Å²) in [7, 11) is 0. The number of carbonyl (C=O) groups excluding carboxylic acids is 3. The third kappa shape index (κ3) is 3.72. The molecule has 4 rings (SSSR count). The Morgan fingerprint density at radius 2 is 1.59 bits per heavy atom. The van der Waals surface area contributed by atoms with Crippen molar-refractivity contribution in [3.63, 3.8) is 0 Å². The normalized spacial score (nSPS) is 14.4. The van der Waals surface area contributed by atoms with Crippen molar-refractivity contribution in [2.24, 2.45) is 0 Å². The van der Waals surface area contributed by atoms with E-state index >= 15 is 0 Å². The average Bonchev–Trinajstić information content (AvgIpc) is 2.80. The summed E-state index contributed by atoms with van der Waals surface area (Å²) in [5, 5.41) is 19.4. The summed E-state index contributed by atoms with van der Waals surface area (Å²) in [5.74, 6) is -2.13. The maximum Gasteiger partial charge on any atom is 0.338 e. The summed E-state index contributed by atoms with van der Waals surface area (Å²) >= 11 is 0. The molecule has 0 radical (unpaired) electrons. The largest absolute Gasteiger partial charge is 0.504 e. The molecule has 2 amide bonds. The number of phenolic OH excluding ortho intramolecular Hbond substituents is 2. The van der Waals surface area contributed by atoms with Crippen molar-refractivity contribution >= 4 is 35.1 Å². The van der Waals surface area contributed by atoms with Gasteiger partial charge in [0.25, 0.3) is 11.8 Å². The molecule has 7 nitrogen and oxygen atoms in total. The number of phenols is 2. The molecule has 0 saturated heterocycles. The van der Waals surface area contributed by atoms with Gasteiger partial charge in [0.05, 0.1) is 17.9 Å². The molecule has 7 heteroatoms. The number of nitrogens with zero attached hydrogens (tertiary/aromatic N) is 1. The lowest BCUT2D eigenvalue weighted by Crippen LogP contribution is -2.41. The number of aromatic hydroxyl groups is 2. The van der Waals surface area contributed by atoms with E-state index in [4.69, 9.17) is 4.74 Å². The van der Waals surface area contributed by atoms with Crippen LogP contribution in [0.15, 0.2) is 66.7 Å². The zero-order chi connectivity index (χ0) is 22.8. The van der Waals surface area contributed by atoms with Gasteiger partial charge in [0.15, 0.2) is 11.5 Å². The standard InChI is InChI=1S/C25H19NO6/c1-2-32-25(31)16-8-10-17(11-9-16)26-23(29)19-6-4-3-5-18(19)20(24(26)30)13-15-7-12-21(27)22(28)14-15/h3-14,27-28H,2H2,1H3. The zero-order valence-electron chi connectivity index (χ0n) is 17.1. The van der Waals surface area contributed by atoms with E-state index in [0.29, 0.717) is 27.9 Å². The molecule has 0 atom stereocenters. The molecule has 1 aliphatic heterocycles. The van der Waals surface area contributed by atoms with Crippen LogP contribution in [0.25, 0.3) is 11.6 Å². The number of benzene rings is 3. The lowest BCUT2D eigenvalue weighted by Gasteiger charge is -2.28.